The zero-order valence-electron chi connectivity index (χ0n) is 17.7. The van der Waals surface area contributed by atoms with Gasteiger partial charge in [-0.2, -0.15) is 0 Å². The van der Waals surface area contributed by atoms with Crippen LogP contribution in [0.25, 0.3) is 0 Å². The second-order valence-corrected chi connectivity index (χ2v) is 7.84. The van der Waals surface area contributed by atoms with Crippen molar-refractivity contribution in [3.63, 3.8) is 0 Å². The number of ether oxygens (including phenoxy) is 4. The zero-order chi connectivity index (χ0) is 21.0. The molecule has 1 aliphatic carbocycles. The molecule has 160 valence electrons. The highest BCUT2D eigenvalue weighted by molar-refractivity contribution is 5.88. The topological polar surface area (TPSA) is 66.0 Å². The number of carbonyl (C=O) groups is 1. The van der Waals surface area contributed by atoms with Crippen LogP contribution < -0.4 is 24.3 Å². The van der Waals surface area contributed by atoms with Gasteiger partial charge < -0.3 is 24.3 Å². The Balaban J connectivity index is 1.45. The first-order valence-electron chi connectivity index (χ1n) is 10.6. The number of hydrogen-bond acceptors (Lipinski definition) is 5. The molecule has 2 aliphatic rings. The van der Waals surface area contributed by atoms with Crippen molar-refractivity contribution in [2.24, 2.45) is 0 Å². The summed E-state index contributed by atoms with van der Waals surface area (Å²) in [6.07, 6.45) is 4.54. The molecule has 0 spiro atoms. The maximum Gasteiger partial charge on any atom is 0.230 e. The lowest BCUT2D eigenvalue weighted by Gasteiger charge is -2.30. The molecular formula is C24H29NO5. The summed E-state index contributed by atoms with van der Waals surface area (Å²) in [6, 6.07) is 11.8. The normalized spacial score (nSPS) is 16.7. The van der Waals surface area contributed by atoms with Gasteiger partial charge in [-0.1, -0.05) is 25.0 Å². The lowest BCUT2D eigenvalue weighted by atomic mass is 9.77. The van der Waals surface area contributed by atoms with Crippen molar-refractivity contribution in [3.05, 3.63) is 47.5 Å². The molecule has 0 aromatic heterocycles. The Labute approximate surface area is 177 Å². The van der Waals surface area contributed by atoms with Gasteiger partial charge in [-0.3, -0.25) is 4.79 Å². The average molecular weight is 411 g/mol. The smallest absolute Gasteiger partial charge is 0.230 e. The molecule has 0 bridgehead atoms. The van der Waals surface area contributed by atoms with Crippen molar-refractivity contribution in [2.75, 3.05) is 34.0 Å². The largest absolute Gasteiger partial charge is 0.493 e. The van der Waals surface area contributed by atoms with Gasteiger partial charge in [0.05, 0.1) is 19.6 Å². The Bertz CT molecular complexity index is 904. The minimum atomic E-state index is -0.493. The Morgan fingerprint density at radius 2 is 1.70 bits per heavy atom. The third-order valence-electron chi connectivity index (χ3n) is 6.13. The summed E-state index contributed by atoms with van der Waals surface area (Å²) < 4.78 is 22.0. The lowest BCUT2D eigenvalue weighted by molar-refractivity contribution is -0.126. The number of amides is 1. The van der Waals surface area contributed by atoms with Gasteiger partial charge in [0.15, 0.2) is 23.0 Å². The van der Waals surface area contributed by atoms with Gasteiger partial charge >= 0.3 is 0 Å². The van der Waals surface area contributed by atoms with Gasteiger partial charge in [0.25, 0.3) is 0 Å². The van der Waals surface area contributed by atoms with Crippen molar-refractivity contribution in [3.8, 4) is 23.0 Å². The van der Waals surface area contributed by atoms with Crippen LogP contribution in [0.1, 0.15) is 36.8 Å². The third kappa shape index (κ3) is 3.91. The van der Waals surface area contributed by atoms with Gasteiger partial charge in [0.2, 0.25) is 5.91 Å². The van der Waals surface area contributed by atoms with E-state index in [9.17, 15) is 4.79 Å². The van der Waals surface area contributed by atoms with E-state index in [1.807, 2.05) is 36.4 Å². The Morgan fingerprint density at radius 1 is 0.967 bits per heavy atom. The van der Waals surface area contributed by atoms with E-state index >= 15 is 0 Å². The van der Waals surface area contributed by atoms with Crippen LogP contribution in [-0.4, -0.2) is 39.9 Å². The summed E-state index contributed by atoms with van der Waals surface area (Å²) in [4.78, 5) is 13.3. The van der Waals surface area contributed by atoms with Crippen molar-refractivity contribution >= 4 is 5.91 Å². The summed E-state index contributed by atoms with van der Waals surface area (Å²) >= 11 is 0. The van der Waals surface area contributed by atoms with Gasteiger partial charge in [-0.05, 0) is 54.7 Å². The van der Waals surface area contributed by atoms with Crippen molar-refractivity contribution in [1.82, 2.24) is 5.32 Å². The minimum absolute atomic E-state index is 0.0946. The molecule has 0 atom stereocenters. The first kappa shape index (κ1) is 20.4. The van der Waals surface area contributed by atoms with E-state index in [-0.39, 0.29) is 5.91 Å². The molecule has 1 fully saturated rings. The van der Waals surface area contributed by atoms with Crippen LogP contribution in [0.5, 0.6) is 23.0 Å². The van der Waals surface area contributed by atoms with E-state index in [2.05, 4.69) is 5.32 Å². The summed E-state index contributed by atoms with van der Waals surface area (Å²) in [5.74, 6) is 2.99. The molecule has 6 nitrogen and oxygen atoms in total. The van der Waals surface area contributed by atoms with Crippen molar-refractivity contribution in [2.45, 2.75) is 37.5 Å². The number of benzene rings is 2. The molecule has 6 heteroatoms. The van der Waals surface area contributed by atoms with Crippen LogP contribution >= 0.6 is 0 Å². The summed E-state index contributed by atoms with van der Waals surface area (Å²) in [5, 5.41) is 3.18. The third-order valence-corrected chi connectivity index (χ3v) is 6.13. The predicted octanol–water partition coefficient (Wildman–Crippen LogP) is 3.65. The molecule has 1 saturated carbocycles. The van der Waals surface area contributed by atoms with Crippen LogP contribution in [0.2, 0.25) is 0 Å². The second kappa shape index (κ2) is 8.86. The molecule has 30 heavy (non-hydrogen) atoms. The first-order chi connectivity index (χ1) is 14.7. The fraction of sp³-hybridized carbons (Fsp3) is 0.458. The molecular weight excluding hydrogens is 382 g/mol. The molecule has 1 N–H and O–H groups in total. The molecule has 2 aromatic carbocycles. The van der Waals surface area contributed by atoms with Crippen LogP contribution in [-0.2, 0) is 16.6 Å². The molecule has 2 aromatic rings. The average Bonchev–Trinajstić information content (AvgIpc) is 3.30. The number of fused-ring (bicyclic) bond motifs is 1. The van der Waals surface area contributed by atoms with E-state index < -0.39 is 5.41 Å². The number of hydrogen-bond donors (Lipinski definition) is 1. The van der Waals surface area contributed by atoms with Crippen LogP contribution in [0.15, 0.2) is 36.4 Å². The van der Waals surface area contributed by atoms with Crippen LogP contribution in [0, 0.1) is 0 Å². The van der Waals surface area contributed by atoms with Gasteiger partial charge in [-0.25, -0.2) is 0 Å². The summed E-state index contributed by atoms with van der Waals surface area (Å²) in [6.45, 7) is 1.68. The standard InChI is InChI=1S/C24H29NO5/c1-27-19-7-5-17(15-21(19)28-2)9-12-25-23(26)24(10-3-4-11-24)18-6-8-20-22(16-18)30-14-13-29-20/h5-8,15-16H,3-4,9-14H2,1-2H3,(H,25,26). The fourth-order valence-electron chi connectivity index (χ4n) is 4.49. The van der Waals surface area contributed by atoms with E-state index in [1.54, 1.807) is 14.2 Å². The van der Waals surface area contributed by atoms with Crippen molar-refractivity contribution in [1.29, 1.82) is 0 Å². The molecule has 0 saturated heterocycles. The molecule has 0 radical (unpaired) electrons. The van der Waals surface area contributed by atoms with Gasteiger partial charge in [-0.15, -0.1) is 0 Å². The van der Waals surface area contributed by atoms with E-state index in [0.29, 0.717) is 31.3 Å². The fourth-order valence-corrected chi connectivity index (χ4v) is 4.49. The minimum Gasteiger partial charge on any atom is -0.493 e. The zero-order valence-corrected chi connectivity index (χ0v) is 17.7. The van der Waals surface area contributed by atoms with E-state index in [0.717, 1.165) is 54.7 Å². The van der Waals surface area contributed by atoms with E-state index in [1.165, 1.54) is 0 Å². The SMILES string of the molecule is COc1ccc(CCNC(=O)C2(c3ccc4c(c3)OCCO4)CCCC2)cc1OC. The Morgan fingerprint density at radius 3 is 2.43 bits per heavy atom. The monoisotopic (exact) mass is 411 g/mol. The van der Waals surface area contributed by atoms with Gasteiger partial charge in [0, 0.05) is 6.54 Å². The predicted molar refractivity (Wildman–Crippen MR) is 114 cm³/mol. The Hall–Kier alpha value is -2.89. The number of rotatable bonds is 7. The molecule has 0 unspecified atom stereocenters. The molecule has 1 amide bonds. The number of methoxy groups -OCH3 is 2. The number of nitrogens with one attached hydrogen (secondary N) is 1. The van der Waals surface area contributed by atoms with Crippen LogP contribution in [0.3, 0.4) is 0 Å². The first-order valence-corrected chi connectivity index (χ1v) is 10.6. The molecule has 1 heterocycles. The second-order valence-electron chi connectivity index (χ2n) is 7.84. The molecule has 1 aliphatic heterocycles. The molecule has 4 rings (SSSR count). The highest BCUT2D eigenvalue weighted by atomic mass is 16.6. The highest BCUT2D eigenvalue weighted by Gasteiger charge is 2.43. The maximum atomic E-state index is 13.3. The summed E-state index contributed by atoms with van der Waals surface area (Å²) in [5.41, 5.74) is 1.62. The van der Waals surface area contributed by atoms with Gasteiger partial charge in [0.1, 0.15) is 13.2 Å². The quantitative estimate of drug-likeness (QED) is 0.754. The number of carbonyl (C=O) groups excluding carboxylic acids is 1. The maximum absolute atomic E-state index is 13.3. The Kier molecular flexibility index (Phi) is 6.02. The highest BCUT2D eigenvalue weighted by Crippen LogP contribution is 2.44. The van der Waals surface area contributed by atoms with Crippen molar-refractivity contribution < 1.29 is 23.7 Å². The van der Waals surface area contributed by atoms with Crippen LogP contribution in [0.4, 0.5) is 0 Å². The summed E-state index contributed by atoms with van der Waals surface area (Å²) in [7, 11) is 3.25. The van der Waals surface area contributed by atoms with E-state index in [4.69, 9.17) is 18.9 Å². The lowest BCUT2D eigenvalue weighted by Crippen LogP contribution is -2.43.